The highest BCUT2D eigenvalue weighted by atomic mass is 16.5. The largest absolute Gasteiger partial charge is 0.468 e. The molecule has 0 fully saturated rings. The normalized spacial score (nSPS) is 13.9. The number of hydrogen-bond acceptors (Lipinski definition) is 5. The summed E-state index contributed by atoms with van der Waals surface area (Å²) in [5.74, 6) is -0.667. The van der Waals surface area contributed by atoms with Gasteiger partial charge in [-0.05, 0) is 0 Å². The predicted octanol–water partition coefficient (Wildman–Crippen LogP) is -0.395. The molecule has 0 unspecified atom stereocenters. The molecule has 0 saturated carbocycles. The van der Waals surface area contributed by atoms with Crippen LogP contribution in [0, 0.1) is 0 Å². The van der Waals surface area contributed by atoms with Crippen LogP contribution in [0.5, 0.6) is 0 Å². The highest BCUT2D eigenvalue weighted by Gasteiger charge is 2.29. The van der Waals surface area contributed by atoms with Crippen molar-refractivity contribution in [2.45, 2.75) is 6.54 Å². The summed E-state index contributed by atoms with van der Waals surface area (Å²) in [6.45, 7) is 0.289. The lowest BCUT2D eigenvalue weighted by atomic mass is 10.3. The van der Waals surface area contributed by atoms with Gasteiger partial charge in [-0.1, -0.05) is 0 Å². The van der Waals surface area contributed by atoms with Gasteiger partial charge < -0.3 is 9.64 Å². The number of rotatable bonds is 2. The zero-order valence-corrected chi connectivity index (χ0v) is 8.14. The Kier molecular flexibility index (Phi) is 2.32. The number of methoxy groups -OCH3 is 1. The van der Waals surface area contributed by atoms with Crippen molar-refractivity contribution in [1.29, 1.82) is 0 Å². The molecule has 15 heavy (non-hydrogen) atoms. The first kappa shape index (κ1) is 9.57. The van der Waals surface area contributed by atoms with Crippen LogP contribution in [0.4, 0.5) is 0 Å². The Morgan fingerprint density at radius 3 is 3.13 bits per heavy atom. The number of ether oxygens (including phenoxy) is 1. The molecule has 1 aromatic heterocycles. The van der Waals surface area contributed by atoms with Gasteiger partial charge in [0.15, 0.2) is 0 Å². The first-order valence-corrected chi connectivity index (χ1v) is 4.37. The molecule has 0 atom stereocenters. The van der Waals surface area contributed by atoms with E-state index in [1.807, 2.05) is 0 Å². The fourth-order valence-corrected chi connectivity index (χ4v) is 1.43. The molecule has 1 amide bonds. The van der Waals surface area contributed by atoms with Crippen LogP contribution in [0.25, 0.3) is 0 Å². The molecule has 0 spiro atoms. The maximum absolute atomic E-state index is 11.7. The van der Waals surface area contributed by atoms with Gasteiger partial charge in [0.2, 0.25) is 0 Å². The second-order valence-electron chi connectivity index (χ2n) is 3.12. The van der Waals surface area contributed by atoms with Crippen LogP contribution in [0.1, 0.15) is 16.1 Å². The van der Waals surface area contributed by atoms with Crippen LogP contribution < -0.4 is 0 Å². The minimum atomic E-state index is -0.441. The third-order valence-electron chi connectivity index (χ3n) is 2.20. The van der Waals surface area contributed by atoms with Gasteiger partial charge in [0, 0.05) is 6.20 Å². The third-order valence-corrected chi connectivity index (χ3v) is 2.20. The molecule has 0 aliphatic carbocycles. The van der Waals surface area contributed by atoms with Gasteiger partial charge >= 0.3 is 5.97 Å². The van der Waals surface area contributed by atoms with Gasteiger partial charge in [0.1, 0.15) is 12.9 Å². The van der Waals surface area contributed by atoms with E-state index in [4.69, 9.17) is 0 Å². The van der Waals surface area contributed by atoms with E-state index in [0.29, 0.717) is 17.8 Å². The van der Waals surface area contributed by atoms with Crippen LogP contribution in [0.15, 0.2) is 12.5 Å². The first-order valence-electron chi connectivity index (χ1n) is 4.37. The molecule has 2 rings (SSSR count). The molecule has 0 bridgehead atoms. The molecule has 0 saturated heterocycles. The minimum Gasteiger partial charge on any atom is -0.468 e. The number of carbonyl (C=O) groups excluding carboxylic acids is 2. The average Bonchev–Trinajstić information content (AvgIpc) is 2.57. The molecule has 6 heteroatoms. The standard InChI is InChI=1S/C9H9N3O3/c1-15-8(13)4-12-3-7-6(9(12)14)2-10-5-11-7/h2,5H,3-4H2,1H3. The van der Waals surface area contributed by atoms with Crippen LogP contribution in [0.3, 0.4) is 0 Å². The Balaban J connectivity index is 2.17. The van der Waals surface area contributed by atoms with Crippen molar-refractivity contribution in [1.82, 2.24) is 14.9 Å². The summed E-state index contributed by atoms with van der Waals surface area (Å²) < 4.78 is 4.49. The fourth-order valence-electron chi connectivity index (χ4n) is 1.43. The molecule has 6 nitrogen and oxygen atoms in total. The number of amides is 1. The molecule has 0 N–H and O–H groups in total. The second kappa shape index (κ2) is 3.64. The summed E-state index contributed by atoms with van der Waals surface area (Å²) in [7, 11) is 1.29. The maximum atomic E-state index is 11.7. The van der Waals surface area contributed by atoms with E-state index in [-0.39, 0.29) is 12.5 Å². The first-order chi connectivity index (χ1) is 7.22. The summed E-state index contributed by atoms with van der Waals surface area (Å²) in [5, 5.41) is 0. The van der Waals surface area contributed by atoms with E-state index in [1.54, 1.807) is 0 Å². The van der Waals surface area contributed by atoms with Gasteiger partial charge in [0.25, 0.3) is 5.91 Å². The molecule has 1 aliphatic rings. The summed E-state index contributed by atoms with van der Waals surface area (Å²) in [4.78, 5) is 31.8. The van der Waals surface area contributed by atoms with Gasteiger partial charge in [-0.2, -0.15) is 0 Å². The Morgan fingerprint density at radius 1 is 1.67 bits per heavy atom. The van der Waals surface area contributed by atoms with Crippen LogP contribution in [0.2, 0.25) is 0 Å². The zero-order chi connectivity index (χ0) is 10.8. The Morgan fingerprint density at radius 2 is 2.47 bits per heavy atom. The van der Waals surface area contributed by atoms with Crippen molar-refractivity contribution in [2.24, 2.45) is 0 Å². The van der Waals surface area contributed by atoms with Crippen molar-refractivity contribution >= 4 is 11.9 Å². The highest BCUT2D eigenvalue weighted by Crippen LogP contribution is 2.18. The zero-order valence-electron chi connectivity index (χ0n) is 8.14. The Hall–Kier alpha value is -1.98. The van der Waals surface area contributed by atoms with Gasteiger partial charge in [-0.3, -0.25) is 9.59 Å². The van der Waals surface area contributed by atoms with Crippen LogP contribution in [-0.4, -0.2) is 40.4 Å². The number of esters is 1. The number of fused-ring (bicyclic) bond motifs is 1. The van der Waals surface area contributed by atoms with Crippen LogP contribution in [-0.2, 0) is 16.1 Å². The molecule has 0 radical (unpaired) electrons. The van der Waals surface area contributed by atoms with E-state index in [9.17, 15) is 9.59 Å². The lowest BCUT2D eigenvalue weighted by Gasteiger charge is -2.12. The molecule has 1 aliphatic heterocycles. The van der Waals surface area contributed by atoms with Crippen molar-refractivity contribution in [2.75, 3.05) is 13.7 Å². The van der Waals surface area contributed by atoms with E-state index in [2.05, 4.69) is 14.7 Å². The second-order valence-corrected chi connectivity index (χ2v) is 3.12. The lowest BCUT2D eigenvalue weighted by molar-refractivity contribution is -0.141. The van der Waals surface area contributed by atoms with E-state index in [1.165, 1.54) is 24.5 Å². The lowest BCUT2D eigenvalue weighted by Crippen LogP contribution is -2.30. The van der Waals surface area contributed by atoms with Crippen molar-refractivity contribution < 1.29 is 14.3 Å². The molecule has 0 aromatic carbocycles. The van der Waals surface area contributed by atoms with Crippen molar-refractivity contribution in [3.63, 3.8) is 0 Å². The highest BCUT2D eigenvalue weighted by molar-refractivity contribution is 5.98. The van der Waals surface area contributed by atoms with E-state index < -0.39 is 5.97 Å². The molecule has 1 aromatic rings. The van der Waals surface area contributed by atoms with Gasteiger partial charge in [-0.15, -0.1) is 0 Å². The number of aromatic nitrogens is 2. The Labute approximate surface area is 85.9 Å². The van der Waals surface area contributed by atoms with E-state index in [0.717, 1.165) is 0 Å². The average molecular weight is 207 g/mol. The smallest absolute Gasteiger partial charge is 0.325 e. The van der Waals surface area contributed by atoms with Crippen molar-refractivity contribution in [3.05, 3.63) is 23.8 Å². The topological polar surface area (TPSA) is 72.4 Å². The SMILES string of the molecule is COC(=O)CN1Cc2ncncc2C1=O. The van der Waals surface area contributed by atoms with Gasteiger partial charge in [0.05, 0.1) is 24.9 Å². The predicted molar refractivity (Wildman–Crippen MR) is 48.8 cm³/mol. The van der Waals surface area contributed by atoms with Crippen molar-refractivity contribution in [3.8, 4) is 0 Å². The molecule has 2 heterocycles. The number of hydrogen-bond donors (Lipinski definition) is 0. The fraction of sp³-hybridized carbons (Fsp3) is 0.333. The summed E-state index contributed by atoms with van der Waals surface area (Å²) >= 11 is 0. The number of carbonyl (C=O) groups is 2. The van der Waals surface area contributed by atoms with E-state index >= 15 is 0 Å². The minimum absolute atomic E-state index is 0.0499. The van der Waals surface area contributed by atoms with Crippen LogP contribution >= 0.6 is 0 Å². The maximum Gasteiger partial charge on any atom is 0.325 e. The summed E-state index contributed by atoms with van der Waals surface area (Å²) in [6.07, 6.45) is 2.84. The number of nitrogens with zero attached hydrogens (tertiary/aromatic N) is 3. The molecular formula is C9H9N3O3. The van der Waals surface area contributed by atoms with Gasteiger partial charge in [-0.25, -0.2) is 9.97 Å². The quantitative estimate of drug-likeness (QED) is 0.617. The Bertz CT molecular complexity index is 419. The third kappa shape index (κ3) is 1.65. The monoisotopic (exact) mass is 207 g/mol. The molecular weight excluding hydrogens is 198 g/mol. The summed E-state index contributed by atoms with van der Waals surface area (Å²) in [5.41, 5.74) is 1.11. The summed E-state index contributed by atoms with van der Waals surface area (Å²) in [6, 6.07) is 0. The molecule has 78 valence electrons.